The summed E-state index contributed by atoms with van der Waals surface area (Å²) in [5.74, 6) is -6.38. The molecule has 1 saturated heterocycles. The van der Waals surface area contributed by atoms with E-state index in [9.17, 15) is 31.9 Å². The number of carboxylic acid groups (broad SMARTS) is 1. The first-order chi connectivity index (χ1) is 18.8. The molecule has 0 radical (unpaired) electrons. The Kier molecular flexibility index (Phi) is 6.94. The lowest BCUT2D eigenvalue weighted by Crippen LogP contribution is -2.38. The molecule has 1 fully saturated rings. The zero-order valence-corrected chi connectivity index (χ0v) is 21.8. The molecular weight excluding hydrogens is 563 g/mol. The van der Waals surface area contributed by atoms with Crippen LogP contribution in [0.3, 0.4) is 0 Å². The Morgan fingerprint density at radius 2 is 1.82 bits per heavy atom. The van der Waals surface area contributed by atoms with E-state index in [-0.39, 0.29) is 33.5 Å². The Morgan fingerprint density at radius 3 is 2.48 bits per heavy atom. The normalized spacial score (nSPS) is 15.6. The monoisotopic (exact) mass is 584 g/mol. The minimum atomic E-state index is -5.85. The summed E-state index contributed by atoms with van der Waals surface area (Å²) in [6.07, 6.45) is -5.18. The van der Waals surface area contributed by atoms with E-state index in [1.807, 2.05) is 0 Å². The number of alkyl halides is 5. The van der Waals surface area contributed by atoms with Crippen LogP contribution in [0.2, 0.25) is 5.15 Å². The predicted molar refractivity (Wildman–Crippen MR) is 136 cm³/mol. The van der Waals surface area contributed by atoms with Crippen LogP contribution in [0, 0.1) is 6.92 Å². The number of aromatic carboxylic acids is 1. The Balaban J connectivity index is 1.73. The summed E-state index contributed by atoms with van der Waals surface area (Å²) in [5.41, 5.74) is -0.234. The number of nitrogens with zero attached hydrogens (tertiary/aromatic N) is 5. The zero-order chi connectivity index (χ0) is 29.0. The molecular formula is C25H22ClF5N6O3. The second kappa shape index (κ2) is 10.0. The number of aromatic nitrogens is 4. The van der Waals surface area contributed by atoms with E-state index in [4.69, 9.17) is 21.3 Å². The van der Waals surface area contributed by atoms with E-state index in [0.29, 0.717) is 49.1 Å². The number of ether oxygens (including phenoxy) is 1. The molecule has 3 aromatic heterocycles. The lowest BCUT2D eigenvalue weighted by Gasteiger charge is -2.29. The third kappa shape index (κ3) is 4.85. The Morgan fingerprint density at radius 1 is 1.12 bits per heavy atom. The number of aryl methyl sites for hydroxylation is 1. The molecule has 212 valence electrons. The van der Waals surface area contributed by atoms with Crippen molar-refractivity contribution in [3.63, 3.8) is 0 Å². The number of anilines is 2. The number of hydrogen-bond donors (Lipinski definition) is 2. The van der Waals surface area contributed by atoms with Gasteiger partial charge in [0.25, 0.3) is 0 Å². The van der Waals surface area contributed by atoms with E-state index < -0.39 is 29.8 Å². The van der Waals surface area contributed by atoms with Crippen molar-refractivity contribution >= 4 is 45.8 Å². The number of hydrogen-bond acceptors (Lipinski definition) is 7. The van der Waals surface area contributed by atoms with E-state index in [2.05, 4.69) is 15.3 Å². The van der Waals surface area contributed by atoms with Gasteiger partial charge in [0.2, 0.25) is 5.95 Å². The number of rotatable bonds is 6. The molecule has 0 bridgehead atoms. The topological polar surface area (TPSA) is 105 Å². The molecule has 1 aliphatic heterocycles. The van der Waals surface area contributed by atoms with Crippen LogP contribution in [0.25, 0.3) is 16.6 Å². The van der Waals surface area contributed by atoms with Gasteiger partial charge in [-0.25, -0.2) is 19.7 Å². The second-order valence-corrected chi connectivity index (χ2v) is 9.74. The van der Waals surface area contributed by atoms with Gasteiger partial charge in [-0.15, -0.1) is 0 Å². The number of nitrogens with one attached hydrogen (secondary N) is 1. The highest BCUT2D eigenvalue weighted by Crippen LogP contribution is 2.44. The van der Waals surface area contributed by atoms with E-state index in [0.717, 1.165) is 4.40 Å². The number of halogens is 6. The van der Waals surface area contributed by atoms with Gasteiger partial charge in [-0.2, -0.15) is 22.0 Å². The lowest BCUT2D eigenvalue weighted by molar-refractivity contribution is -0.290. The molecule has 9 nitrogen and oxygen atoms in total. The fraction of sp³-hybridized carbons (Fsp3) is 0.360. The van der Waals surface area contributed by atoms with Crippen LogP contribution in [-0.4, -0.2) is 62.9 Å². The molecule has 4 heterocycles. The molecule has 40 heavy (non-hydrogen) atoms. The fourth-order valence-corrected chi connectivity index (χ4v) is 4.76. The highest BCUT2D eigenvalue weighted by molar-refractivity contribution is 6.29. The summed E-state index contributed by atoms with van der Waals surface area (Å²) >= 11 is 5.86. The molecule has 0 aliphatic carbocycles. The molecule has 1 unspecified atom stereocenters. The summed E-state index contributed by atoms with van der Waals surface area (Å²) in [6.45, 7) is 4.71. The third-order valence-electron chi connectivity index (χ3n) is 6.53. The van der Waals surface area contributed by atoms with Crippen LogP contribution in [-0.2, 0) is 10.7 Å². The van der Waals surface area contributed by atoms with E-state index in [1.54, 1.807) is 30.9 Å². The van der Waals surface area contributed by atoms with Gasteiger partial charge in [-0.05, 0) is 37.6 Å². The predicted octanol–water partition coefficient (Wildman–Crippen LogP) is 5.60. The SMILES string of the molecule is Cc1cc(C(C)Nc2ccc(Cl)nc2C(=O)O)c2nc(N3CCOCC3)n3cc(C(F)(F)C(F)(F)F)nc3c2c1. The van der Waals surface area contributed by atoms with E-state index >= 15 is 0 Å². The Bertz CT molecular complexity index is 1620. The molecule has 4 aromatic rings. The van der Waals surface area contributed by atoms with Crippen LogP contribution in [0.5, 0.6) is 0 Å². The number of carboxylic acids is 1. The first-order valence-corrected chi connectivity index (χ1v) is 12.4. The average molecular weight is 585 g/mol. The molecule has 1 aliphatic rings. The lowest BCUT2D eigenvalue weighted by atomic mass is 10.0. The van der Waals surface area contributed by atoms with Crippen molar-refractivity contribution in [2.24, 2.45) is 0 Å². The Labute approximate surface area is 228 Å². The van der Waals surface area contributed by atoms with Gasteiger partial charge in [0.15, 0.2) is 5.69 Å². The van der Waals surface area contributed by atoms with Crippen molar-refractivity contribution < 1.29 is 36.6 Å². The summed E-state index contributed by atoms with van der Waals surface area (Å²) in [4.78, 5) is 25.8. The smallest absolute Gasteiger partial charge is 0.459 e. The maximum atomic E-state index is 14.4. The van der Waals surface area contributed by atoms with Crippen molar-refractivity contribution in [2.75, 3.05) is 36.5 Å². The molecule has 0 spiro atoms. The first-order valence-electron chi connectivity index (χ1n) is 12.1. The average Bonchev–Trinajstić information content (AvgIpc) is 3.35. The number of benzene rings is 1. The van der Waals surface area contributed by atoms with Crippen molar-refractivity contribution in [3.05, 3.63) is 58.1 Å². The van der Waals surface area contributed by atoms with Crippen molar-refractivity contribution in [1.29, 1.82) is 0 Å². The number of carbonyl (C=O) groups is 1. The van der Waals surface area contributed by atoms with Gasteiger partial charge in [0, 0.05) is 30.2 Å². The molecule has 1 aromatic carbocycles. The minimum absolute atomic E-state index is 0.0124. The number of pyridine rings is 1. The quantitative estimate of drug-likeness (QED) is 0.223. The van der Waals surface area contributed by atoms with Gasteiger partial charge in [-0.3, -0.25) is 4.40 Å². The molecule has 0 saturated carbocycles. The zero-order valence-electron chi connectivity index (χ0n) is 21.1. The van der Waals surface area contributed by atoms with Crippen molar-refractivity contribution in [2.45, 2.75) is 32.0 Å². The van der Waals surface area contributed by atoms with Crippen LogP contribution in [0.15, 0.2) is 30.5 Å². The van der Waals surface area contributed by atoms with Gasteiger partial charge in [0.1, 0.15) is 16.5 Å². The molecule has 1 atom stereocenters. The largest absolute Gasteiger partial charge is 0.476 e. The standard InChI is InChI=1S/C25H22ClF5N6O3/c1-12-9-14(13(2)32-16-3-4-18(26)34-20(16)22(38)39)19-15(10-12)21-33-17(24(27,28)25(29,30)31)11-37(21)23(35-19)36-5-7-40-8-6-36/h3-4,9-11,13,32H,5-8H2,1-2H3,(H,38,39). The first kappa shape index (κ1) is 27.8. The molecule has 5 rings (SSSR count). The van der Waals surface area contributed by atoms with Crippen LogP contribution < -0.4 is 10.2 Å². The summed E-state index contributed by atoms with van der Waals surface area (Å²) in [6, 6.07) is 5.64. The number of morpholine rings is 1. The minimum Gasteiger partial charge on any atom is -0.476 e. The maximum absolute atomic E-state index is 14.4. The van der Waals surface area contributed by atoms with Gasteiger partial charge < -0.3 is 20.1 Å². The van der Waals surface area contributed by atoms with Gasteiger partial charge >= 0.3 is 18.1 Å². The van der Waals surface area contributed by atoms with Gasteiger partial charge in [0.05, 0.1) is 30.5 Å². The summed E-state index contributed by atoms with van der Waals surface area (Å²) in [7, 11) is 0. The van der Waals surface area contributed by atoms with E-state index in [1.165, 1.54) is 12.1 Å². The van der Waals surface area contributed by atoms with Crippen LogP contribution >= 0.6 is 11.6 Å². The summed E-state index contributed by atoms with van der Waals surface area (Å²) in [5, 5.41) is 12.9. The van der Waals surface area contributed by atoms with Crippen molar-refractivity contribution in [3.8, 4) is 0 Å². The maximum Gasteiger partial charge on any atom is 0.459 e. The summed E-state index contributed by atoms with van der Waals surface area (Å²) < 4.78 is 75.1. The number of fused-ring (bicyclic) bond motifs is 3. The molecule has 0 amide bonds. The molecule has 2 N–H and O–H groups in total. The highest BCUT2D eigenvalue weighted by atomic mass is 35.5. The number of imidazole rings is 1. The van der Waals surface area contributed by atoms with Crippen LogP contribution in [0.1, 0.15) is 40.3 Å². The van der Waals surface area contributed by atoms with Crippen LogP contribution in [0.4, 0.5) is 33.6 Å². The molecule has 15 heteroatoms. The highest BCUT2D eigenvalue weighted by Gasteiger charge is 2.60. The Hall–Kier alpha value is -3.78. The second-order valence-electron chi connectivity index (χ2n) is 9.35. The fourth-order valence-electron chi connectivity index (χ4n) is 4.62. The third-order valence-corrected chi connectivity index (χ3v) is 6.74. The van der Waals surface area contributed by atoms with Gasteiger partial charge in [-0.1, -0.05) is 17.7 Å². The van der Waals surface area contributed by atoms with Crippen molar-refractivity contribution in [1.82, 2.24) is 19.4 Å².